The summed E-state index contributed by atoms with van der Waals surface area (Å²) < 4.78 is 0. The fourth-order valence-corrected chi connectivity index (χ4v) is 3.53. The molecule has 0 aliphatic heterocycles. The standard InChI is InChI=1S/C26H20N2/c1-3-7-19(8-4-1)23-15-17-25(27-23)21-11-13-22(14-12-21)26-18-16-24(28-26)20-9-5-2-6-10-20/h1-18,27-28H. The molecule has 0 aliphatic carbocycles. The number of rotatable bonds is 4. The van der Waals surface area contributed by atoms with E-state index in [1.165, 1.54) is 22.3 Å². The van der Waals surface area contributed by atoms with E-state index in [2.05, 4.69) is 107 Å². The second kappa shape index (κ2) is 7.09. The lowest BCUT2D eigenvalue weighted by molar-refractivity contribution is 1.38. The van der Waals surface area contributed by atoms with Crippen molar-refractivity contribution in [2.24, 2.45) is 0 Å². The van der Waals surface area contributed by atoms with E-state index in [4.69, 9.17) is 0 Å². The third kappa shape index (κ3) is 3.17. The summed E-state index contributed by atoms with van der Waals surface area (Å²) in [5.41, 5.74) is 9.29. The van der Waals surface area contributed by atoms with E-state index in [1.807, 2.05) is 12.1 Å². The van der Waals surface area contributed by atoms with Gasteiger partial charge in [0, 0.05) is 22.8 Å². The molecular formula is C26H20N2. The van der Waals surface area contributed by atoms with Gasteiger partial charge in [0.05, 0.1) is 0 Å². The highest BCUT2D eigenvalue weighted by atomic mass is 14.7. The summed E-state index contributed by atoms with van der Waals surface area (Å²) in [7, 11) is 0. The second-order valence-corrected chi connectivity index (χ2v) is 6.88. The average Bonchev–Trinajstić information content (AvgIpc) is 3.46. The number of aromatic amines is 2. The van der Waals surface area contributed by atoms with Crippen LogP contribution in [0.4, 0.5) is 0 Å². The Morgan fingerprint density at radius 1 is 0.286 bits per heavy atom. The zero-order valence-corrected chi connectivity index (χ0v) is 15.4. The van der Waals surface area contributed by atoms with Crippen LogP contribution in [0.1, 0.15) is 0 Å². The van der Waals surface area contributed by atoms with Gasteiger partial charge >= 0.3 is 0 Å². The van der Waals surface area contributed by atoms with Gasteiger partial charge < -0.3 is 9.97 Å². The Labute approximate surface area is 164 Å². The van der Waals surface area contributed by atoms with Gasteiger partial charge in [-0.1, -0.05) is 84.9 Å². The van der Waals surface area contributed by atoms with Crippen molar-refractivity contribution in [2.75, 3.05) is 0 Å². The van der Waals surface area contributed by atoms with E-state index >= 15 is 0 Å². The Hall–Kier alpha value is -3.78. The molecule has 2 nitrogen and oxygen atoms in total. The van der Waals surface area contributed by atoms with Gasteiger partial charge in [0.25, 0.3) is 0 Å². The minimum atomic E-state index is 1.13. The van der Waals surface area contributed by atoms with Crippen molar-refractivity contribution in [3.05, 3.63) is 109 Å². The lowest BCUT2D eigenvalue weighted by atomic mass is 10.1. The van der Waals surface area contributed by atoms with Gasteiger partial charge in [-0.25, -0.2) is 0 Å². The Kier molecular flexibility index (Phi) is 4.15. The van der Waals surface area contributed by atoms with E-state index in [-0.39, 0.29) is 0 Å². The molecule has 28 heavy (non-hydrogen) atoms. The molecule has 5 rings (SSSR count). The van der Waals surface area contributed by atoms with Crippen LogP contribution >= 0.6 is 0 Å². The van der Waals surface area contributed by atoms with Crippen LogP contribution in [-0.4, -0.2) is 9.97 Å². The second-order valence-electron chi connectivity index (χ2n) is 6.88. The highest BCUT2D eigenvalue weighted by Crippen LogP contribution is 2.28. The van der Waals surface area contributed by atoms with Crippen LogP contribution in [0.5, 0.6) is 0 Å². The number of hydrogen-bond acceptors (Lipinski definition) is 0. The number of hydrogen-bond donors (Lipinski definition) is 2. The smallest absolute Gasteiger partial charge is 0.0458 e. The van der Waals surface area contributed by atoms with Crippen LogP contribution in [-0.2, 0) is 0 Å². The van der Waals surface area contributed by atoms with E-state index in [1.54, 1.807) is 0 Å². The number of benzene rings is 3. The van der Waals surface area contributed by atoms with Gasteiger partial charge in [-0.2, -0.15) is 0 Å². The summed E-state index contributed by atoms with van der Waals surface area (Å²) in [6.07, 6.45) is 0. The van der Waals surface area contributed by atoms with Crippen molar-refractivity contribution in [3.8, 4) is 45.0 Å². The molecule has 0 spiro atoms. The third-order valence-electron chi connectivity index (χ3n) is 5.05. The zero-order chi connectivity index (χ0) is 18.8. The van der Waals surface area contributed by atoms with Crippen molar-refractivity contribution >= 4 is 0 Å². The average molecular weight is 360 g/mol. The SMILES string of the molecule is c1ccc(-c2ccc(-c3ccc(-c4ccc(-c5ccccc5)[nH]4)cc3)[nH]2)cc1. The van der Waals surface area contributed by atoms with E-state index < -0.39 is 0 Å². The third-order valence-corrected chi connectivity index (χ3v) is 5.05. The predicted molar refractivity (Wildman–Crippen MR) is 117 cm³/mol. The van der Waals surface area contributed by atoms with Crippen LogP contribution in [0, 0.1) is 0 Å². The van der Waals surface area contributed by atoms with Gasteiger partial charge in [0.15, 0.2) is 0 Å². The molecule has 0 aliphatic rings. The van der Waals surface area contributed by atoms with Gasteiger partial charge in [-0.05, 0) is 46.5 Å². The van der Waals surface area contributed by atoms with Crippen LogP contribution < -0.4 is 0 Å². The van der Waals surface area contributed by atoms with Gasteiger partial charge in [-0.15, -0.1) is 0 Å². The van der Waals surface area contributed by atoms with E-state index in [0.29, 0.717) is 0 Å². The summed E-state index contributed by atoms with van der Waals surface area (Å²) in [5, 5.41) is 0. The molecule has 2 N–H and O–H groups in total. The zero-order valence-electron chi connectivity index (χ0n) is 15.4. The number of nitrogens with one attached hydrogen (secondary N) is 2. The molecule has 0 bridgehead atoms. The number of aromatic nitrogens is 2. The van der Waals surface area contributed by atoms with Crippen LogP contribution in [0.3, 0.4) is 0 Å². The Morgan fingerprint density at radius 3 is 0.893 bits per heavy atom. The summed E-state index contributed by atoms with van der Waals surface area (Å²) >= 11 is 0. The van der Waals surface area contributed by atoms with Gasteiger partial charge in [-0.3, -0.25) is 0 Å². The minimum absolute atomic E-state index is 1.13. The molecule has 0 amide bonds. The monoisotopic (exact) mass is 360 g/mol. The molecule has 3 aromatic carbocycles. The maximum Gasteiger partial charge on any atom is 0.0458 e. The highest BCUT2D eigenvalue weighted by molar-refractivity contribution is 5.72. The molecule has 2 aromatic heterocycles. The molecule has 0 unspecified atom stereocenters. The minimum Gasteiger partial charge on any atom is -0.355 e. The molecule has 2 heteroatoms. The van der Waals surface area contributed by atoms with Crippen LogP contribution in [0.15, 0.2) is 109 Å². The molecule has 0 atom stereocenters. The predicted octanol–water partition coefficient (Wildman–Crippen LogP) is 7.01. The molecule has 0 radical (unpaired) electrons. The normalized spacial score (nSPS) is 10.9. The summed E-state index contributed by atoms with van der Waals surface area (Å²) in [5.74, 6) is 0. The maximum absolute atomic E-state index is 3.52. The van der Waals surface area contributed by atoms with Gasteiger partial charge in [0.2, 0.25) is 0 Å². The van der Waals surface area contributed by atoms with Crippen molar-refractivity contribution in [1.82, 2.24) is 9.97 Å². The molecule has 5 aromatic rings. The van der Waals surface area contributed by atoms with Crippen molar-refractivity contribution in [1.29, 1.82) is 0 Å². The first-order valence-electron chi connectivity index (χ1n) is 9.46. The molecular weight excluding hydrogens is 340 g/mol. The Balaban J connectivity index is 1.40. The lowest BCUT2D eigenvalue weighted by Gasteiger charge is -2.03. The van der Waals surface area contributed by atoms with E-state index in [9.17, 15) is 0 Å². The van der Waals surface area contributed by atoms with Crippen molar-refractivity contribution in [2.45, 2.75) is 0 Å². The first-order chi connectivity index (χ1) is 13.9. The molecule has 134 valence electrons. The molecule has 0 saturated heterocycles. The van der Waals surface area contributed by atoms with Crippen LogP contribution in [0.25, 0.3) is 45.0 Å². The molecule has 0 saturated carbocycles. The maximum atomic E-state index is 3.52. The fraction of sp³-hybridized carbons (Fsp3) is 0. The molecule has 0 fully saturated rings. The van der Waals surface area contributed by atoms with E-state index in [0.717, 1.165) is 22.8 Å². The van der Waals surface area contributed by atoms with Crippen molar-refractivity contribution in [3.63, 3.8) is 0 Å². The Morgan fingerprint density at radius 2 is 0.571 bits per heavy atom. The Bertz CT molecular complexity index is 1080. The topological polar surface area (TPSA) is 31.6 Å². The summed E-state index contributed by atoms with van der Waals surface area (Å²) in [6.45, 7) is 0. The summed E-state index contributed by atoms with van der Waals surface area (Å²) in [6, 6.07) is 38.0. The van der Waals surface area contributed by atoms with Crippen molar-refractivity contribution < 1.29 is 0 Å². The quantitative estimate of drug-likeness (QED) is 0.345. The highest BCUT2D eigenvalue weighted by Gasteiger charge is 2.06. The van der Waals surface area contributed by atoms with Gasteiger partial charge in [0.1, 0.15) is 0 Å². The number of H-pyrrole nitrogens is 2. The van der Waals surface area contributed by atoms with Crippen LogP contribution in [0.2, 0.25) is 0 Å². The molecule has 2 heterocycles. The summed E-state index contributed by atoms with van der Waals surface area (Å²) in [4.78, 5) is 7.05. The first-order valence-corrected chi connectivity index (χ1v) is 9.46. The largest absolute Gasteiger partial charge is 0.355 e. The fourth-order valence-electron chi connectivity index (χ4n) is 3.53. The lowest BCUT2D eigenvalue weighted by Crippen LogP contribution is -1.82. The first kappa shape index (κ1) is 16.4.